The molecule has 0 aromatic rings. The fourth-order valence-corrected chi connectivity index (χ4v) is 2.02. The number of ketones is 1. The molecule has 0 spiro atoms. The SMILES string of the molecule is C=C(C)C(=O)OCS(=O)(=O)OC1=CC(=O)CCC1. The van der Waals surface area contributed by atoms with Crippen molar-refractivity contribution in [2.24, 2.45) is 0 Å². The van der Waals surface area contributed by atoms with Gasteiger partial charge in [-0.2, -0.15) is 8.42 Å². The van der Waals surface area contributed by atoms with Crippen molar-refractivity contribution in [2.75, 3.05) is 5.94 Å². The second kappa shape index (κ2) is 5.81. The molecule has 0 saturated heterocycles. The molecule has 0 radical (unpaired) electrons. The Hall–Kier alpha value is -1.63. The van der Waals surface area contributed by atoms with E-state index in [1.165, 1.54) is 6.92 Å². The molecule has 0 fully saturated rings. The maximum atomic E-state index is 11.5. The van der Waals surface area contributed by atoms with Crippen LogP contribution < -0.4 is 0 Å². The first-order valence-electron chi connectivity index (χ1n) is 5.28. The lowest BCUT2D eigenvalue weighted by Crippen LogP contribution is -2.18. The van der Waals surface area contributed by atoms with Gasteiger partial charge in [-0.25, -0.2) is 4.79 Å². The van der Waals surface area contributed by atoms with Crippen LogP contribution in [0, 0.1) is 0 Å². The molecule has 0 bridgehead atoms. The molecule has 1 rings (SSSR count). The highest BCUT2D eigenvalue weighted by atomic mass is 32.2. The third kappa shape index (κ3) is 4.70. The van der Waals surface area contributed by atoms with Crippen molar-refractivity contribution in [2.45, 2.75) is 26.2 Å². The minimum Gasteiger partial charge on any atom is -0.442 e. The molecule has 0 atom stereocenters. The largest absolute Gasteiger partial charge is 0.442 e. The van der Waals surface area contributed by atoms with E-state index >= 15 is 0 Å². The zero-order chi connectivity index (χ0) is 13.8. The Labute approximate surface area is 105 Å². The number of carbonyl (C=O) groups excluding carboxylic acids is 2. The van der Waals surface area contributed by atoms with Crippen molar-refractivity contribution in [3.8, 4) is 0 Å². The van der Waals surface area contributed by atoms with E-state index in [2.05, 4.69) is 15.5 Å². The van der Waals surface area contributed by atoms with Gasteiger partial charge in [-0.1, -0.05) is 6.58 Å². The van der Waals surface area contributed by atoms with Crippen molar-refractivity contribution in [1.82, 2.24) is 0 Å². The molecule has 0 amide bonds. The van der Waals surface area contributed by atoms with Crippen LogP contribution in [0.4, 0.5) is 0 Å². The number of hydrogen-bond acceptors (Lipinski definition) is 6. The van der Waals surface area contributed by atoms with E-state index in [0.717, 1.165) is 6.08 Å². The molecule has 1 aliphatic carbocycles. The third-order valence-corrected chi connectivity index (χ3v) is 2.96. The summed E-state index contributed by atoms with van der Waals surface area (Å²) in [5, 5.41) is 0. The lowest BCUT2D eigenvalue weighted by molar-refractivity contribution is -0.137. The highest BCUT2D eigenvalue weighted by Crippen LogP contribution is 2.18. The van der Waals surface area contributed by atoms with Gasteiger partial charge in [0.25, 0.3) is 0 Å². The molecule has 6 nitrogen and oxygen atoms in total. The first-order chi connectivity index (χ1) is 8.30. The van der Waals surface area contributed by atoms with E-state index in [1.807, 2.05) is 0 Å². The molecule has 0 aromatic carbocycles. The molecule has 100 valence electrons. The Morgan fingerprint density at radius 2 is 2.11 bits per heavy atom. The van der Waals surface area contributed by atoms with Gasteiger partial charge in [-0.3, -0.25) is 4.79 Å². The van der Waals surface area contributed by atoms with Crippen LogP contribution in [0.3, 0.4) is 0 Å². The minimum atomic E-state index is -4.04. The summed E-state index contributed by atoms with van der Waals surface area (Å²) >= 11 is 0. The number of allylic oxidation sites excluding steroid dienone is 2. The molecule has 0 aliphatic heterocycles. The van der Waals surface area contributed by atoms with Crippen LogP contribution in [-0.4, -0.2) is 26.1 Å². The smallest absolute Gasteiger partial charge is 0.344 e. The van der Waals surface area contributed by atoms with Gasteiger partial charge in [0.2, 0.25) is 5.94 Å². The van der Waals surface area contributed by atoms with E-state index < -0.39 is 22.0 Å². The molecule has 1 aliphatic rings. The molecule has 0 saturated carbocycles. The van der Waals surface area contributed by atoms with Gasteiger partial charge < -0.3 is 8.92 Å². The first kappa shape index (κ1) is 14.4. The molecule has 0 heterocycles. The van der Waals surface area contributed by atoms with E-state index in [-0.39, 0.29) is 17.1 Å². The van der Waals surface area contributed by atoms with Crippen molar-refractivity contribution in [3.63, 3.8) is 0 Å². The van der Waals surface area contributed by atoms with Gasteiger partial charge >= 0.3 is 16.1 Å². The van der Waals surface area contributed by atoms with Crippen LogP contribution in [0.1, 0.15) is 26.2 Å². The van der Waals surface area contributed by atoms with Crippen LogP contribution in [0.5, 0.6) is 0 Å². The van der Waals surface area contributed by atoms with E-state index in [0.29, 0.717) is 19.3 Å². The Bertz CT molecular complexity index is 500. The average molecular weight is 274 g/mol. The van der Waals surface area contributed by atoms with Crippen molar-refractivity contribution >= 4 is 21.9 Å². The number of esters is 1. The van der Waals surface area contributed by atoms with Gasteiger partial charge in [0.15, 0.2) is 5.78 Å². The zero-order valence-electron chi connectivity index (χ0n) is 9.97. The van der Waals surface area contributed by atoms with Crippen molar-refractivity contribution < 1.29 is 26.9 Å². The van der Waals surface area contributed by atoms with Gasteiger partial charge in [0.1, 0.15) is 5.76 Å². The predicted molar refractivity (Wildman–Crippen MR) is 62.7 cm³/mol. The van der Waals surface area contributed by atoms with Crippen LogP contribution in [0.15, 0.2) is 24.0 Å². The molecular weight excluding hydrogens is 260 g/mol. The summed E-state index contributed by atoms with van der Waals surface area (Å²) < 4.78 is 32.1. The zero-order valence-corrected chi connectivity index (χ0v) is 10.8. The lowest BCUT2D eigenvalue weighted by atomic mass is 10.1. The second-order valence-corrected chi connectivity index (χ2v) is 5.42. The fourth-order valence-electron chi connectivity index (χ4n) is 1.26. The van der Waals surface area contributed by atoms with Gasteiger partial charge in [0, 0.05) is 24.5 Å². The normalized spacial score (nSPS) is 15.8. The summed E-state index contributed by atoms with van der Waals surface area (Å²) in [4.78, 5) is 22.1. The Morgan fingerprint density at radius 1 is 1.44 bits per heavy atom. The lowest BCUT2D eigenvalue weighted by Gasteiger charge is -2.13. The summed E-state index contributed by atoms with van der Waals surface area (Å²) in [6.45, 7) is 4.72. The summed E-state index contributed by atoms with van der Waals surface area (Å²) in [7, 11) is -4.04. The van der Waals surface area contributed by atoms with Gasteiger partial charge in [-0.05, 0) is 13.3 Å². The molecule has 0 N–H and O–H groups in total. The van der Waals surface area contributed by atoms with E-state index in [9.17, 15) is 18.0 Å². The number of hydrogen-bond donors (Lipinski definition) is 0. The van der Waals surface area contributed by atoms with Crippen LogP contribution in [-0.2, 0) is 28.6 Å². The standard InChI is InChI=1S/C11H14O6S/c1-8(2)11(13)16-7-18(14,15)17-10-5-3-4-9(12)6-10/h6H,1,3-5,7H2,2H3. The molecule has 18 heavy (non-hydrogen) atoms. The topological polar surface area (TPSA) is 86.7 Å². The molecule has 0 unspecified atom stereocenters. The Morgan fingerprint density at radius 3 is 2.67 bits per heavy atom. The third-order valence-electron chi connectivity index (χ3n) is 2.09. The highest BCUT2D eigenvalue weighted by molar-refractivity contribution is 7.86. The summed E-state index contributed by atoms with van der Waals surface area (Å²) in [6.07, 6.45) is 2.46. The van der Waals surface area contributed by atoms with Crippen LogP contribution in [0.25, 0.3) is 0 Å². The van der Waals surface area contributed by atoms with Crippen LogP contribution in [0.2, 0.25) is 0 Å². The second-order valence-electron chi connectivity index (χ2n) is 3.90. The van der Waals surface area contributed by atoms with Crippen LogP contribution >= 0.6 is 0 Å². The summed E-state index contributed by atoms with van der Waals surface area (Å²) in [6, 6.07) is 0. The monoisotopic (exact) mass is 274 g/mol. The van der Waals surface area contributed by atoms with E-state index in [4.69, 9.17) is 0 Å². The van der Waals surface area contributed by atoms with Gasteiger partial charge in [0.05, 0.1) is 0 Å². The average Bonchev–Trinajstić information content (AvgIpc) is 2.25. The maximum absolute atomic E-state index is 11.5. The number of carbonyl (C=O) groups is 2. The number of ether oxygens (including phenoxy) is 1. The summed E-state index contributed by atoms with van der Waals surface area (Å²) in [5.74, 6) is -1.80. The fraction of sp³-hybridized carbons (Fsp3) is 0.455. The first-order valence-corrected chi connectivity index (χ1v) is 6.86. The minimum absolute atomic E-state index is 0.0811. The van der Waals surface area contributed by atoms with Crippen molar-refractivity contribution in [3.05, 3.63) is 24.0 Å². The summed E-state index contributed by atoms with van der Waals surface area (Å²) in [5.41, 5.74) is 0.0947. The van der Waals surface area contributed by atoms with Crippen molar-refractivity contribution in [1.29, 1.82) is 0 Å². The predicted octanol–water partition coefficient (Wildman–Crippen LogP) is 1.05. The molecule has 7 heteroatoms. The molecular formula is C11H14O6S. The van der Waals surface area contributed by atoms with E-state index in [1.54, 1.807) is 0 Å². The Balaban J connectivity index is 2.57. The Kier molecular flexibility index (Phi) is 4.66. The highest BCUT2D eigenvalue weighted by Gasteiger charge is 2.20. The number of rotatable bonds is 5. The maximum Gasteiger partial charge on any atom is 0.344 e. The molecule has 0 aromatic heterocycles. The van der Waals surface area contributed by atoms with Gasteiger partial charge in [-0.15, -0.1) is 0 Å². The quantitative estimate of drug-likeness (QED) is 0.423.